The average molecular weight is 204 g/mol. The number of halogens is 3. The third-order valence-corrected chi connectivity index (χ3v) is 4.26. The van der Waals surface area contributed by atoms with Crippen LogP contribution in [0, 0.1) is 0 Å². The first-order chi connectivity index (χ1) is 4.84. The van der Waals surface area contributed by atoms with Crippen molar-refractivity contribution in [1.82, 2.24) is 0 Å². The summed E-state index contributed by atoms with van der Waals surface area (Å²) in [5, 5.41) is -1.03. The van der Waals surface area contributed by atoms with E-state index in [-0.39, 0.29) is 5.25 Å². The van der Waals surface area contributed by atoms with Gasteiger partial charge in [0.1, 0.15) is 5.25 Å². The Labute approximate surface area is 72.7 Å². The second-order valence-corrected chi connectivity index (χ2v) is 5.61. The van der Waals surface area contributed by atoms with Crippen molar-refractivity contribution in [3.63, 3.8) is 0 Å². The molecule has 0 aromatic carbocycles. The van der Waals surface area contributed by atoms with Crippen LogP contribution in [-0.4, -0.2) is 16.7 Å². The van der Waals surface area contributed by atoms with E-state index in [1.807, 2.05) is 13.8 Å². The number of hydrogen-bond acceptors (Lipinski definition) is 2. The molecule has 0 saturated heterocycles. The van der Waals surface area contributed by atoms with Crippen LogP contribution >= 0.6 is 21.6 Å². The molecule has 0 spiro atoms. The average Bonchev–Trinajstić information content (AvgIpc) is 1.80. The molecule has 0 aromatic rings. The van der Waals surface area contributed by atoms with Gasteiger partial charge in [0.25, 0.3) is 0 Å². The van der Waals surface area contributed by atoms with Gasteiger partial charge in [0.05, 0.1) is 0 Å². The third-order valence-electron chi connectivity index (χ3n) is 0.853. The monoisotopic (exact) mass is 204 g/mol. The summed E-state index contributed by atoms with van der Waals surface area (Å²) in [6, 6.07) is 0. The summed E-state index contributed by atoms with van der Waals surface area (Å²) in [7, 11) is 2.15. The third kappa shape index (κ3) is 5.73. The summed E-state index contributed by atoms with van der Waals surface area (Å²) in [4.78, 5) is 0. The Kier molecular flexibility index (Phi) is 4.70. The van der Waals surface area contributed by atoms with E-state index in [1.54, 1.807) is 0 Å². The van der Waals surface area contributed by atoms with Gasteiger partial charge in [0, 0.05) is 5.25 Å². The number of alkyl halides is 3. The first kappa shape index (κ1) is 11.5. The molecule has 0 aromatic heterocycles. The molecule has 0 aliphatic carbocycles. The van der Waals surface area contributed by atoms with Crippen molar-refractivity contribution in [2.24, 2.45) is 0 Å². The van der Waals surface area contributed by atoms with Gasteiger partial charge in [-0.1, -0.05) is 35.4 Å². The Bertz CT molecular complexity index is 111. The molecule has 0 fully saturated rings. The molecule has 5 heteroatoms. The van der Waals surface area contributed by atoms with Crippen LogP contribution in [0.15, 0.2) is 0 Å². The zero-order valence-corrected chi connectivity index (χ0v) is 8.24. The largest absolute Gasteiger partial charge is 0.401 e. The molecule has 0 amide bonds. The summed E-state index contributed by atoms with van der Waals surface area (Å²) in [6.07, 6.45) is -4.06. The van der Waals surface area contributed by atoms with Crippen molar-refractivity contribution in [3.05, 3.63) is 0 Å². The highest BCUT2D eigenvalue weighted by Crippen LogP contribution is 2.38. The lowest BCUT2D eigenvalue weighted by molar-refractivity contribution is -0.124. The maximum absolute atomic E-state index is 11.9. The number of hydrogen-bond donors (Lipinski definition) is 0. The van der Waals surface area contributed by atoms with Crippen LogP contribution in [0.2, 0.25) is 0 Å². The van der Waals surface area contributed by atoms with E-state index in [0.29, 0.717) is 0 Å². The van der Waals surface area contributed by atoms with Gasteiger partial charge in [-0.25, -0.2) is 0 Å². The van der Waals surface area contributed by atoms with Crippen LogP contribution in [0.3, 0.4) is 0 Å². The molecule has 68 valence electrons. The second kappa shape index (κ2) is 4.50. The molecule has 0 rings (SSSR count). The van der Waals surface area contributed by atoms with E-state index >= 15 is 0 Å². The highest BCUT2D eigenvalue weighted by molar-refractivity contribution is 8.77. The van der Waals surface area contributed by atoms with Crippen molar-refractivity contribution in [1.29, 1.82) is 0 Å². The van der Waals surface area contributed by atoms with Crippen LogP contribution in [0.4, 0.5) is 13.2 Å². The highest BCUT2D eigenvalue weighted by atomic mass is 33.1. The van der Waals surface area contributed by atoms with Crippen LogP contribution in [0.25, 0.3) is 0 Å². The lowest BCUT2D eigenvalue weighted by atomic mass is 10.5. The molecule has 0 heterocycles. The molecule has 0 saturated carbocycles. The molecular formula is C6H11F3S2. The zero-order valence-electron chi connectivity index (χ0n) is 6.61. The fourth-order valence-electron chi connectivity index (χ4n) is 0.249. The van der Waals surface area contributed by atoms with Crippen molar-refractivity contribution < 1.29 is 13.2 Å². The molecule has 0 aliphatic heterocycles. The smallest absolute Gasteiger partial charge is 0.170 e. The topological polar surface area (TPSA) is 0 Å². The van der Waals surface area contributed by atoms with Crippen LogP contribution in [0.1, 0.15) is 20.8 Å². The van der Waals surface area contributed by atoms with Gasteiger partial charge < -0.3 is 0 Å². The van der Waals surface area contributed by atoms with Gasteiger partial charge in [-0.15, -0.1) is 0 Å². The highest BCUT2D eigenvalue weighted by Gasteiger charge is 2.36. The molecule has 11 heavy (non-hydrogen) atoms. The Balaban J connectivity index is 3.61. The molecule has 1 atom stereocenters. The standard InChI is InChI=1S/C6H11F3S2/c1-4(2)10-11-5(3)6(7,8)9/h4-5H,1-3H3. The minimum atomic E-state index is -4.06. The lowest BCUT2D eigenvalue weighted by Gasteiger charge is -2.14. The van der Waals surface area contributed by atoms with Crippen LogP contribution < -0.4 is 0 Å². The fraction of sp³-hybridized carbons (Fsp3) is 1.00. The summed E-state index contributed by atoms with van der Waals surface area (Å²) >= 11 is 0. The van der Waals surface area contributed by atoms with Crippen molar-refractivity contribution in [3.8, 4) is 0 Å². The normalized spacial score (nSPS) is 15.5. The van der Waals surface area contributed by atoms with Crippen LogP contribution in [0.5, 0.6) is 0 Å². The first-order valence-electron chi connectivity index (χ1n) is 3.23. The predicted octanol–water partition coefficient (Wildman–Crippen LogP) is 3.73. The summed E-state index contributed by atoms with van der Waals surface area (Å²) in [6.45, 7) is 4.93. The predicted molar refractivity (Wildman–Crippen MR) is 45.8 cm³/mol. The van der Waals surface area contributed by atoms with Gasteiger partial charge in [-0.2, -0.15) is 13.2 Å². The summed E-state index contributed by atoms with van der Waals surface area (Å²) < 4.78 is 35.6. The van der Waals surface area contributed by atoms with E-state index in [2.05, 4.69) is 0 Å². The Morgan fingerprint density at radius 1 is 1.00 bits per heavy atom. The molecule has 0 bridgehead atoms. The van der Waals surface area contributed by atoms with Crippen molar-refractivity contribution in [2.45, 2.75) is 37.4 Å². The van der Waals surface area contributed by atoms with E-state index in [9.17, 15) is 13.2 Å². The van der Waals surface area contributed by atoms with Gasteiger partial charge >= 0.3 is 6.18 Å². The van der Waals surface area contributed by atoms with E-state index in [1.165, 1.54) is 17.7 Å². The summed E-state index contributed by atoms with van der Waals surface area (Å²) in [5.74, 6) is 0. The van der Waals surface area contributed by atoms with Gasteiger partial charge in [0.15, 0.2) is 0 Å². The zero-order chi connectivity index (χ0) is 9.07. The lowest BCUT2D eigenvalue weighted by Crippen LogP contribution is -2.21. The van der Waals surface area contributed by atoms with Crippen molar-refractivity contribution in [2.75, 3.05) is 0 Å². The SMILES string of the molecule is CC(C)SSC(C)C(F)(F)F. The molecule has 0 nitrogen and oxygen atoms in total. The summed E-state index contributed by atoms with van der Waals surface area (Å²) in [5.41, 5.74) is 0. The molecule has 0 aliphatic rings. The molecule has 1 unspecified atom stereocenters. The van der Waals surface area contributed by atoms with Gasteiger partial charge in [-0.05, 0) is 6.92 Å². The number of rotatable bonds is 3. The minimum absolute atomic E-state index is 0.241. The van der Waals surface area contributed by atoms with Gasteiger partial charge in [0.2, 0.25) is 0 Å². The quantitative estimate of drug-likeness (QED) is 0.642. The molecule has 0 N–H and O–H groups in total. The minimum Gasteiger partial charge on any atom is -0.170 e. The van der Waals surface area contributed by atoms with E-state index in [0.717, 1.165) is 10.8 Å². The maximum atomic E-state index is 11.9. The second-order valence-electron chi connectivity index (χ2n) is 2.43. The molecule has 0 radical (unpaired) electrons. The van der Waals surface area contributed by atoms with E-state index < -0.39 is 11.4 Å². The first-order valence-corrected chi connectivity index (χ1v) is 5.50. The fourth-order valence-corrected chi connectivity index (χ4v) is 2.24. The molecular weight excluding hydrogens is 193 g/mol. The Morgan fingerprint density at radius 3 is 1.73 bits per heavy atom. The Hall–Kier alpha value is 0.490. The Morgan fingerprint density at radius 2 is 1.45 bits per heavy atom. The van der Waals surface area contributed by atoms with Gasteiger partial charge in [-0.3, -0.25) is 0 Å². The van der Waals surface area contributed by atoms with E-state index in [4.69, 9.17) is 0 Å². The van der Waals surface area contributed by atoms with Crippen molar-refractivity contribution >= 4 is 21.6 Å². The maximum Gasteiger partial charge on any atom is 0.401 e. The van der Waals surface area contributed by atoms with Crippen LogP contribution in [-0.2, 0) is 0 Å².